The molecule has 0 radical (unpaired) electrons. The Morgan fingerprint density at radius 2 is 1.35 bits per heavy atom. The van der Waals surface area contributed by atoms with Crippen molar-refractivity contribution >= 4 is 10.0 Å². The number of aliphatic hydroxyl groups excluding tert-OH is 1. The Kier molecular flexibility index (Phi) is 7.09. The van der Waals surface area contributed by atoms with Gasteiger partial charge in [0.05, 0.1) is 6.10 Å². The largest absolute Gasteiger partial charge is 0.508 e. The van der Waals surface area contributed by atoms with Crippen LogP contribution in [0.15, 0.2) is 84.9 Å². The number of phenolic OH excluding ortho intramolecular Hbond substituents is 1. The lowest BCUT2D eigenvalue weighted by atomic mass is 9.60. The van der Waals surface area contributed by atoms with E-state index in [-0.39, 0.29) is 5.56 Å². The fraction of sp³-hybridized carbons (Fsp3) is 0.250. The maximum Gasteiger partial charge on any atom is 0.400 e. The maximum atomic E-state index is 15.5. The Balaban J connectivity index is 2.65. The molecule has 3 aromatic carbocycles. The van der Waals surface area contributed by atoms with Gasteiger partial charge in [0.2, 0.25) is 10.0 Å². The molecule has 6 N–H and O–H groups in total. The van der Waals surface area contributed by atoms with Gasteiger partial charge in [-0.05, 0) is 23.6 Å². The van der Waals surface area contributed by atoms with Crippen molar-refractivity contribution in [3.63, 3.8) is 0 Å². The zero-order valence-electron chi connectivity index (χ0n) is 18.0. The first-order chi connectivity index (χ1) is 15.9. The first-order valence-corrected chi connectivity index (χ1v) is 11.8. The minimum Gasteiger partial charge on any atom is -0.508 e. The minimum atomic E-state index is -5.33. The minimum absolute atomic E-state index is 0.136. The van der Waals surface area contributed by atoms with E-state index in [0.29, 0.717) is 0 Å². The molecule has 34 heavy (non-hydrogen) atoms. The summed E-state index contributed by atoms with van der Waals surface area (Å²) in [6, 6.07) is 18.5. The molecular weight excluding hydrogens is 469 g/mol. The number of phenols is 1. The number of para-hydroxylation sites is 1. The third-order valence-electron chi connectivity index (χ3n) is 6.14. The standard InChI is InChI=1S/C24H25F3N2O4S/c25-24(26,27)22(18-11-5-2-6-12-18,15-17-9-3-1-4-10-17)23(21(31)16-28,34(29,32)33)19-13-7-8-14-20(19)30/h1-14,21,30-31H,15-16,28H2,(H2,29,32,33). The summed E-state index contributed by atoms with van der Waals surface area (Å²) in [6.07, 6.45) is -8.56. The number of primary sulfonamides is 1. The summed E-state index contributed by atoms with van der Waals surface area (Å²) < 4.78 is 70.1. The van der Waals surface area contributed by atoms with Crippen LogP contribution in [0.5, 0.6) is 5.75 Å². The molecule has 0 bridgehead atoms. The van der Waals surface area contributed by atoms with E-state index in [4.69, 9.17) is 10.9 Å². The number of rotatable bonds is 8. The molecular formula is C24H25F3N2O4S. The third kappa shape index (κ3) is 3.96. The number of sulfonamides is 1. The Morgan fingerprint density at radius 1 is 0.853 bits per heavy atom. The second-order valence-electron chi connectivity index (χ2n) is 7.98. The van der Waals surface area contributed by atoms with Crippen molar-refractivity contribution < 1.29 is 31.8 Å². The first kappa shape index (κ1) is 25.7. The van der Waals surface area contributed by atoms with Crippen molar-refractivity contribution in [2.45, 2.75) is 28.9 Å². The predicted molar refractivity (Wildman–Crippen MR) is 122 cm³/mol. The van der Waals surface area contributed by atoms with Gasteiger partial charge < -0.3 is 15.9 Å². The molecule has 0 heterocycles. The Hall–Kier alpha value is -2.92. The number of halogens is 3. The Labute approximate surface area is 195 Å². The van der Waals surface area contributed by atoms with E-state index in [2.05, 4.69) is 0 Å². The van der Waals surface area contributed by atoms with Gasteiger partial charge in [-0.2, -0.15) is 13.2 Å². The number of aromatic hydroxyl groups is 1. The maximum absolute atomic E-state index is 15.5. The molecule has 182 valence electrons. The Bertz CT molecular complexity index is 1220. The van der Waals surface area contributed by atoms with Crippen LogP contribution in [0.3, 0.4) is 0 Å². The van der Waals surface area contributed by atoms with Crippen LogP contribution in [-0.2, 0) is 26.6 Å². The zero-order valence-corrected chi connectivity index (χ0v) is 18.8. The van der Waals surface area contributed by atoms with E-state index in [1.807, 2.05) is 0 Å². The second kappa shape index (κ2) is 9.38. The molecule has 0 aromatic heterocycles. The van der Waals surface area contributed by atoms with Gasteiger partial charge >= 0.3 is 6.18 Å². The highest BCUT2D eigenvalue weighted by Crippen LogP contribution is 2.60. The van der Waals surface area contributed by atoms with Crippen LogP contribution in [0, 0.1) is 0 Å². The van der Waals surface area contributed by atoms with Crippen molar-refractivity contribution in [1.82, 2.24) is 0 Å². The molecule has 3 unspecified atom stereocenters. The van der Waals surface area contributed by atoms with Gasteiger partial charge in [0.1, 0.15) is 11.2 Å². The Morgan fingerprint density at radius 3 is 1.82 bits per heavy atom. The summed E-state index contributed by atoms with van der Waals surface area (Å²) >= 11 is 0. The highest BCUT2D eigenvalue weighted by atomic mass is 32.2. The summed E-state index contributed by atoms with van der Waals surface area (Å²) in [7, 11) is -5.33. The molecule has 6 nitrogen and oxygen atoms in total. The third-order valence-corrected chi connectivity index (χ3v) is 7.88. The van der Waals surface area contributed by atoms with E-state index in [1.54, 1.807) is 6.07 Å². The molecule has 0 saturated heterocycles. The average Bonchev–Trinajstić information content (AvgIpc) is 2.79. The molecule has 0 saturated carbocycles. The monoisotopic (exact) mass is 494 g/mol. The van der Waals surface area contributed by atoms with Crippen LogP contribution in [0.25, 0.3) is 0 Å². The number of benzene rings is 3. The topological polar surface area (TPSA) is 127 Å². The normalized spacial score (nSPS) is 16.9. The molecule has 0 aliphatic rings. The number of hydrogen-bond acceptors (Lipinski definition) is 5. The lowest BCUT2D eigenvalue weighted by molar-refractivity contribution is -0.212. The summed E-state index contributed by atoms with van der Waals surface area (Å²) in [6.45, 7) is -0.885. The van der Waals surface area contributed by atoms with Crippen LogP contribution in [-0.4, -0.2) is 37.5 Å². The highest BCUT2D eigenvalue weighted by molar-refractivity contribution is 7.90. The molecule has 3 aromatic rings. The van der Waals surface area contributed by atoms with Gasteiger partial charge in [0.15, 0.2) is 4.75 Å². The van der Waals surface area contributed by atoms with Gasteiger partial charge in [-0.3, -0.25) is 0 Å². The SMILES string of the molecule is NCC(O)C(c1ccccc1O)(C(Cc1ccccc1)(c1ccccc1)C(F)(F)F)S(N)(=O)=O. The molecule has 0 fully saturated rings. The smallest absolute Gasteiger partial charge is 0.400 e. The number of aliphatic hydroxyl groups is 1. The molecule has 3 atom stereocenters. The zero-order chi connectivity index (χ0) is 25.2. The van der Waals surface area contributed by atoms with E-state index >= 15 is 13.2 Å². The van der Waals surface area contributed by atoms with Crippen LogP contribution < -0.4 is 10.9 Å². The van der Waals surface area contributed by atoms with E-state index < -0.39 is 62.3 Å². The number of nitrogens with two attached hydrogens (primary N) is 2. The fourth-order valence-electron chi connectivity index (χ4n) is 4.78. The number of alkyl halides is 3. The quantitative estimate of drug-likeness (QED) is 0.383. The van der Waals surface area contributed by atoms with Gasteiger partial charge in [0, 0.05) is 12.1 Å². The van der Waals surface area contributed by atoms with Gasteiger partial charge in [-0.25, -0.2) is 13.6 Å². The molecule has 10 heteroatoms. The van der Waals surface area contributed by atoms with Gasteiger partial charge in [-0.1, -0.05) is 78.9 Å². The predicted octanol–water partition coefficient (Wildman–Crippen LogP) is 2.94. The second-order valence-corrected chi connectivity index (χ2v) is 9.71. The van der Waals surface area contributed by atoms with Gasteiger partial charge in [0.25, 0.3) is 0 Å². The summed E-state index contributed by atoms with van der Waals surface area (Å²) in [5, 5.41) is 27.4. The summed E-state index contributed by atoms with van der Waals surface area (Å²) in [5.74, 6) is -0.776. The average molecular weight is 495 g/mol. The van der Waals surface area contributed by atoms with E-state index in [1.165, 1.54) is 54.6 Å². The molecule has 0 aliphatic heterocycles. The molecule has 0 amide bonds. The van der Waals surface area contributed by atoms with Crippen molar-refractivity contribution in [2.75, 3.05) is 6.54 Å². The lowest BCUT2D eigenvalue weighted by Crippen LogP contribution is -2.70. The molecule has 0 spiro atoms. The first-order valence-electron chi connectivity index (χ1n) is 10.3. The molecule has 0 aliphatic carbocycles. The highest BCUT2D eigenvalue weighted by Gasteiger charge is 2.75. The van der Waals surface area contributed by atoms with Crippen LogP contribution in [0.1, 0.15) is 16.7 Å². The fourth-order valence-corrected chi connectivity index (χ4v) is 6.53. The van der Waals surface area contributed by atoms with Crippen molar-refractivity contribution in [3.05, 3.63) is 102 Å². The lowest BCUT2D eigenvalue weighted by Gasteiger charge is -2.52. The van der Waals surface area contributed by atoms with Crippen molar-refractivity contribution in [1.29, 1.82) is 0 Å². The van der Waals surface area contributed by atoms with Crippen LogP contribution in [0.2, 0.25) is 0 Å². The van der Waals surface area contributed by atoms with E-state index in [0.717, 1.165) is 24.3 Å². The van der Waals surface area contributed by atoms with Crippen LogP contribution >= 0.6 is 0 Å². The van der Waals surface area contributed by atoms with Crippen molar-refractivity contribution in [3.8, 4) is 5.75 Å². The van der Waals surface area contributed by atoms with Crippen molar-refractivity contribution in [2.24, 2.45) is 10.9 Å². The summed E-state index contributed by atoms with van der Waals surface area (Å²) in [5.41, 5.74) is 1.25. The van der Waals surface area contributed by atoms with Crippen LogP contribution in [0.4, 0.5) is 13.2 Å². The van der Waals surface area contributed by atoms with Gasteiger partial charge in [-0.15, -0.1) is 0 Å². The van der Waals surface area contributed by atoms with E-state index in [9.17, 15) is 18.6 Å². The summed E-state index contributed by atoms with van der Waals surface area (Å²) in [4.78, 5) is 0. The molecule has 3 rings (SSSR count). The number of hydrogen-bond donors (Lipinski definition) is 4.